The predicted molar refractivity (Wildman–Crippen MR) is 224 cm³/mol. The fraction of sp³-hybridized carbons (Fsp3) is 0.818. The first-order chi connectivity index (χ1) is 26.0. The Morgan fingerprint density at radius 1 is 0.574 bits per heavy atom. The number of unbranched alkanes of at least 4 members (excludes halogenated alkanes) is 19. The lowest BCUT2D eigenvalue weighted by atomic mass is 10.1. The summed E-state index contributed by atoms with van der Waals surface area (Å²) in [4.78, 5) is 35.3. The molecule has 0 amide bonds. The lowest BCUT2D eigenvalue weighted by molar-refractivity contribution is -0.870. The Bertz CT molecular complexity index is 1020. The summed E-state index contributed by atoms with van der Waals surface area (Å²) in [6, 6.07) is 0. The smallest absolute Gasteiger partial charge is 0.462 e. The second kappa shape index (κ2) is 36.8. The number of phosphoric acid groups is 1. The molecule has 0 aliphatic carbocycles. The predicted octanol–water partition coefficient (Wildman–Crippen LogP) is 12.1. The molecule has 0 aliphatic heterocycles. The van der Waals surface area contributed by atoms with Crippen LogP contribution in [0.5, 0.6) is 0 Å². The monoisotopic (exact) mass is 785 g/mol. The second-order valence-electron chi connectivity index (χ2n) is 15.7. The first-order valence-corrected chi connectivity index (χ1v) is 23.2. The van der Waals surface area contributed by atoms with Gasteiger partial charge in [0, 0.05) is 12.8 Å². The molecule has 0 bridgehead atoms. The molecule has 0 heterocycles. The number of carbonyl (C=O) groups is 2. The van der Waals surface area contributed by atoms with Crippen molar-refractivity contribution in [3.05, 3.63) is 36.5 Å². The van der Waals surface area contributed by atoms with Crippen LogP contribution in [0, 0.1) is 0 Å². The van der Waals surface area contributed by atoms with Gasteiger partial charge >= 0.3 is 19.8 Å². The summed E-state index contributed by atoms with van der Waals surface area (Å²) in [5, 5.41) is 0. The van der Waals surface area contributed by atoms with Crippen molar-refractivity contribution in [3.63, 3.8) is 0 Å². The molecule has 0 aromatic rings. The number of esters is 2. The Morgan fingerprint density at radius 3 is 1.56 bits per heavy atom. The number of rotatable bonds is 39. The molecule has 0 rings (SSSR count). The average Bonchev–Trinajstić information content (AvgIpc) is 3.12. The number of hydrogen-bond acceptors (Lipinski definition) is 7. The van der Waals surface area contributed by atoms with Crippen LogP contribution in [0.4, 0.5) is 0 Å². The Balaban J connectivity index is 4.42. The third-order valence-corrected chi connectivity index (χ3v) is 10.1. The Hall–Kier alpha value is -1.77. The van der Waals surface area contributed by atoms with Crippen LogP contribution in [-0.2, 0) is 32.7 Å². The Labute approximate surface area is 331 Å². The Kier molecular flexibility index (Phi) is 35.6. The normalized spacial score (nSPS) is 14.0. The molecule has 0 saturated heterocycles. The van der Waals surface area contributed by atoms with Gasteiger partial charge < -0.3 is 18.9 Å². The van der Waals surface area contributed by atoms with Gasteiger partial charge in [0.1, 0.15) is 19.8 Å². The molecule has 0 aromatic heterocycles. The van der Waals surface area contributed by atoms with Crippen molar-refractivity contribution >= 4 is 19.8 Å². The summed E-state index contributed by atoms with van der Waals surface area (Å²) in [7, 11) is 1.46. The molecule has 0 aliphatic rings. The van der Waals surface area contributed by atoms with E-state index < -0.39 is 32.5 Å². The van der Waals surface area contributed by atoms with Gasteiger partial charge in [-0.2, -0.15) is 0 Å². The topological polar surface area (TPSA) is 108 Å². The highest BCUT2D eigenvalue weighted by molar-refractivity contribution is 7.47. The van der Waals surface area contributed by atoms with Gasteiger partial charge in [-0.3, -0.25) is 18.6 Å². The van der Waals surface area contributed by atoms with Gasteiger partial charge in [0.05, 0.1) is 27.7 Å². The maximum atomic E-state index is 12.7. The van der Waals surface area contributed by atoms with Crippen LogP contribution >= 0.6 is 7.82 Å². The minimum Gasteiger partial charge on any atom is -0.462 e. The maximum Gasteiger partial charge on any atom is 0.472 e. The number of allylic oxidation sites excluding steroid dienone is 6. The van der Waals surface area contributed by atoms with Crippen molar-refractivity contribution in [1.82, 2.24) is 0 Å². The number of carbonyl (C=O) groups excluding carboxylic acids is 2. The van der Waals surface area contributed by atoms with E-state index in [0.29, 0.717) is 23.9 Å². The van der Waals surface area contributed by atoms with Gasteiger partial charge in [0.25, 0.3) is 0 Å². The van der Waals surface area contributed by atoms with Gasteiger partial charge in [-0.05, 0) is 70.6 Å². The minimum atomic E-state index is -4.38. The Morgan fingerprint density at radius 2 is 1.00 bits per heavy atom. The number of phosphoric ester groups is 1. The number of quaternary nitrogens is 1. The molecule has 2 atom stereocenters. The molecular weight excluding hydrogens is 701 g/mol. The van der Waals surface area contributed by atoms with Gasteiger partial charge in [-0.1, -0.05) is 134 Å². The van der Waals surface area contributed by atoms with E-state index in [4.69, 9.17) is 18.5 Å². The van der Waals surface area contributed by atoms with Crippen molar-refractivity contribution in [2.24, 2.45) is 0 Å². The second-order valence-corrected chi connectivity index (χ2v) is 17.2. The number of hydrogen-bond donors (Lipinski definition) is 1. The molecule has 0 aromatic carbocycles. The fourth-order valence-electron chi connectivity index (χ4n) is 5.68. The van der Waals surface area contributed by atoms with Gasteiger partial charge in [0.2, 0.25) is 0 Å². The molecular formula is C44H83NO8P+. The van der Waals surface area contributed by atoms with Gasteiger partial charge in [-0.15, -0.1) is 0 Å². The molecule has 0 spiro atoms. The molecule has 54 heavy (non-hydrogen) atoms. The molecule has 316 valence electrons. The number of likely N-dealkylation sites (N-methyl/N-ethyl adjacent to an activating group) is 1. The van der Waals surface area contributed by atoms with Crippen LogP contribution in [0.3, 0.4) is 0 Å². The van der Waals surface area contributed by atoms with E-state index in [2.05, 4.69) is 50.3 Å². The van der Waals surface area contributed by atoms with Crippen LogP contribution in [0.15, 0.2) is 36.5 Å². The van der Waals surface area contributed by atoms with E-state index >= 15 is 0 Å². The highest BCUT2D eigenvalue weighted by atomic mass is 31.2. The van der Waals surface area contributed by atoms with Crippen molar-refractivity contribution in [3.8, 4) is 0 Å². The average molecular weight is 785 g/mol. The van der Waals surface area contributed by atoms with E-state index in [9.17, 15) is 19.0 Å². The van der Waals surface area contributed by atoms with Crippen molar-refractivity contribution in [1.29, 1.82) is 0 Å². The zero-order valence-corrected chi connectivity index (χ0v) is 36.3. The van der Waals surface area contributed by atoms with Crippen LogP contribution in [0.25, 0.3) is 0 Å². The van der Waals surface area contributed by atoms with Crippen molar-refractivity contribution < 1.29 is 42.1 Å². The van der Waals surface area contributed by atoms with E-state index in [1.54, 1.807) is 0 Å². The van der Waals surface area contributed by atoms with Crippen LogP contribution in [0.1, 0.15) is 181 Å². The van der Waals surface area contributed by atoms with E-state index in [-0.39, 0.29) is 26.1 Å². The molecule has 1 unspecified atom stereocenters. The summed E-state index contributed by atoms with van der Waals surface area (Å²) in [5.74, 6) is -0.840. The van der Waals surface area contributed by atoms with Crippen molar-refractivity contribution in [2.45, 2.75) is 187 Å². The molecule has 1 N–H and O–H groups in total. The zero-order valence-electron chi connectivity index (χ0n) is 35.5. The largest absolute Gasteiger partial charge is 0.472 e. The van der Waals surface area contributed by atoms with E-state index in [0.717, 1.165) is 57.8 Å². The third kappa shape index (κ3) is 39.9. The third-order valence-electron chi connectivity index (χ3n) is 9.14. The number of nitrogens with zero attached hydrogens (tertiary/aromatic N) is 1. The van der Waals surface area contributed by atoms with Crippen molar-refractivity contribution in [2.75, 3.05) is 47.5 Å². The molecule has 10 heteroatoms. The summed E-state index contributed by atoms with van der Waals surface area (Å²) in [6.07, 6.45) is 40.5. The lowest BCUT2D eigenvalue weighted by Crippen LogP contribution is -2.37. The first-order valence-electron chi connectivity index (χ1n) is 21.7. The quantitative estimate of drug-likeness (QED) is 0.0216. The SMILES string of the molecule is CCCCC/C=C/C/C=C/CCCCCCCC(=O)O[C@H](COC(=O)CCCC/C=C/CCCCCCCCCCC)COP(=O)(O)OCC[N+](C)(C)C. The lowest BCUT2D eigenvalue weighted by Gasteiger charge is -2.24. The zero-order chi connectivity index (χ0) is 40.0. The highest BCUT2D eigenvalue weighted by Crippen LogP contribution is 2.43. The minimum absolute atomic E-state index is 0.0258. The molecule has 0 saturated carbocycles. The maximum absolute atomic E-state index is 12.7. The molecule has 0 radical (unpaired) electrons. The van der Waals surface area contributed by atoms with Crippen LogP contribution in [0.2, 0.25) is 0 Å². The summed E-state index contributed by atoms with van der Waals surface area (Å²) in [5.41, 5.74) is 0. The molecule has 0 fully saturated rings. The highest BCUT2D eigenvalue weighted by Gasteiger charge is 2.27. The standard InChI is InChI=1S/C44H82NO8P/c1-6-8-10-12-14-16-18-20-22-24-26-28-30-32-34-36-43(46)50-40-42(41-52-54(48,49)51-39-38-45(3,4)5)53-44(47)37-35-33-31-29-27-25-23-21-19-17-15-13-11-9-7-2/h15,17,21,23,26,28,42H,6-14,16,18-20,22,24-25,27,29-41H2,1-5H3/p+1/b17-15+,23-21+,28-26+/t42-/m1/s1. The summed E-state index contributed by atoms with van der Waals surface area (Å²) >= 11 is 0. The summed E-state index contributed by atoms with van der Waals surface area (Å²) < 4.78 is 34.2. The fourth-order valence-corrected chi connectivity index (χ4v) is 6.43. The van der Waals surface area contributed by atoms with Crippen LogP contribution in [-0.4, -0.2) is 74.9 Å². The summed E-state index contributed by atoms with van der Waals surface area (Å²) in [6.45, 7) is 4.35. The van der Waals surface area contributed by atoms with Gasteiger partial charge in [-0.25, -0.2) is 4.57 Å². The van der Waals surface area contributed by atoms with Gasteiger partial charge in [0.15, 0.2) is 6.10 Å². The van der Waals surface area contributed by atoms with E-state index in [1.165, 1.54) is 83.5 Å². The van der Waals surface area contributed by atoms with E-state index in [1.807, 2.05) is 21.1 Å². The number of ether oxygens (including phenoxy) is 2. The first kappa shape index (κ1) is 52.2. The van der Waals surface area contributed by atoms with Crippen LogP contribution < -0.4 is 0 Å². The molecule has 9 nitrogen and oxygen atoms in total.